The van der Waals surface area contributed by atoms with Crippen LogP contribution in [0.25, 0.3) is 11.0 Å². The Morgan fingerprint density at radius 3 is 2.47 bits per heavy atom. The number of rotatable bonds is 8. The molecule has 7 nitrogen and oxygen atoms in total. The Balaban J connectivity index is 1.56. The molecule has 1 amide bonds. The minimum atomic E-state index is -3.88. The number of thioether (sulfide) groups is 1. The molecular weight excluding hydrogens is 446 g/mol. The second-order valence-corrected chi connectivity index (χ2v) is 9.57. The fraction of sp³-hybridized carbons (Fsp3) is 0.130. The summed E-state index contributed by atoms with van der Waals surface area (Å²) in [6, 6.07) is 22.6. The van der Waals surface area contributed by atoms with Gasteiger partial charge in [-0.1, -0.05) is 60.3 Å². The van der Waals surface area contributed by atoms with Gasteiger partial charge >= 0.3 is 0 Å². The van der Waals surface area contributed by atoms with Crippen LogP contribution in [0.5, 0.6) is 5.75 Å². The van der Waals surface area contributed by atoms with E-state index in [1.54, 1.807) is 61.7 Å². The highest BCUT2D eigenvalue weighted by Gasteiger charge is 2.24. The molecule has 0 aliphatic rings. The normalized spacial score (nSPS) is 11.4. The van der Waals surface area contributed by atoms with Gasteiger partial charge in [0.05, 0.1) is 28.8 Å². The molecule has 1 N–H and O–H groups in total. The first-order valence-corrected chi connectivity index (χ1v) is 12.2. The maximum absolute atomic E-state index is 13.4. The van der Waals surface area contributed by atoms with Gasteiger partial charge in [-0.2, -0.15) is 0 Å². The van der Waals surface area contributed by atoms with Gasteiger partial charge < -0.3 is 10.1 Å². The lowest BCUT2D eigenvalue weighted by molar-refractivity contribution is -0.118. The summed E-state index contributed by atoms with van der Waals surface area (Å²) in [6.45, 7) is 0.308. The fourth-order valence-corrected chi connectivity index (χ4v) is 5.79. The highest BCUT2D eigenvalue weighted by molar-refractivity contribution is 8.00. The van der Waals surface area contributed by atoms with Gasteiger partial charge in [-0.25, -0.2) is 17.4 Å². The summed E-state index contributed by atoms with van der Waals surface area (Å²) < 4.78 is 33.2. The van der Waals surface area contributed by atoms with Crippen molar-refractivity contribution in [2.24, 2.45) is 0 Å². The zero-order valence-corrected chi connectivity index (χ0v) is 18.9. The Hall–Kier alpha value is -3.30. The molecule has 0 aliphatic heterocycles. The van der Waals surface area contributed by atoms with Crippen molar-refractivity contribution in [1.82, 2.24) is 14.3 Å². The molecular formula is C23H21N3O4S2. The molecule has 4 aromatic rings. The van der Waals surface area contributed by atoms with Crippen molar-refractivity contribution in [2.75, 3.05) is 12.9 Å². The van der Waals surface area contributed by atoms with Gasteiger partial charge in [-0.3, -0.25) is 4.79 Å². The number of benzene rings is 3. The summed E-state index contributed by atoms with van der Waals surface area (Å²) in [7, 11) is -2.30. The van der Waals surface area contributed by atoms with E-state index >= 15 is 0 Å². The van der Waals surface area contributed by atoms with Crippen LogP contribution in [-0.2, 0) is 21.4 Å². The number of carbonyl (C=O) groups is 1. The molecule has 0 unspecified atom stereocenters. The van der Waals surface area contributed by atoms with Crippen LogP contribution in [0.4, 0.5) is 0 Å². The zero-order valence-electron chi connectivity index (χ0n) is 17.3. The molecule has 0 fully saturated rings. The van der Waals surface area contributed by atoms with E-state index in [1.807, 2.05) is 24.3 Å². The summed E-state index contributed by atoms with van der Waals surface area (Å²) in [4.78, 5) is 17.1. The summed E-state index contributed by atoms with van der Waals surface area (Å²) >= 11 is 1.08. The number of nitrogens with one attached hydrogen (secondary N) is 1. The average molecular weight is 468 g/mol. The first-order chi connectivity index (χ1) is 15.5. The number of imidazole rings is 1. The van der Waals surface area contributed by atoms with Crippen molar-refractivity contribution in [2.45, 2.75) is 16.6 Å². The Kier molecular flexibility index (Phi) is 6.48. The first-order valence-electron chi connectivity index (χ1n) is 9.80. The third-order valence-electron chi connectivity index (χ3n) is 4.77. The highest BCUT2D eigenvalue weighted by atomic mass is 32.2. The van der Waals surface area contributed by atoms with Gasteiger partial charge in [-0.05, 0) is 30.3 Å². The van der Waals surface area contributed by atoms with Crippen molar-refractivity contribution in [3.05, 3.63) is 84.4 Å². The Morgan fingerprint density at radius 1 is 1.00 bits per heavy atom. The van der Waals surface area contributed by atoms with Crippen LogP contribution in [0.1, 0.15) is 5.56 Å². The molecule has 164 valence electrons. The van der Waals surface area contributed by atoms with Gasteiger partial charge in [0.1, 0.15) is 5.75 Å². The third-order valence-corrected chi connectivity index (χ3v) is 7.55. The molecule has 0 saturated carbocycles. The van der Waals surface area contributed by atoms with Crippen LogP contribution in [0, 0.1) is 0 Å². The predicted octanol–water partition coefficient (Wildman–Crippen LogP) is 3.69. The number of aromatic nitrogens is 2. The number of nitrogens with zero attached hydrogens (tertiary/aromatic N) is 2. The molecule has 3 aromatic carbocycles. The van der Waals surface area contributed by atoms with E-state index in [4.69, 9.17) is 4.74 Å². The van der Waals surface area contributed by atoms with Crippen LogP contribution in [-0.4, -0.2) is 36.1 Å². The lowest BCUT2D eigenvalue weighted by Crippen LogP contribution is -2.25. The zero-order chi connectivity index (χ0) is 22.6. The second-order valence-electron chi connectivity index (χ2n) is 6.84. The van der Waals surface area contributed by atoms with Crippen LogP contribution < -0.4 is 10.1 Å². The van der Waals surface area contributed by atoms with Crippen molar-refractivity contribution < 1.29 is 17.9 Å². The summed E-state index contributed by atoms with van der Waals surface area (Å²) in [5.41, 5.74) is 1.87. The maximum atomic E-state index is 13.4. The van der Waals surface area contributed by atoms with Crippen molar-refractivity contribution >= 4 is 38.7 Å². The lowest BCUT2D eigenvalue weighted by atomic mass is 10.2. The molecule has 0 spiro atoms. The molecule has 9 heteroatoms. The predicted molar refractivity (Wildman–Crippen MR) is 124 cm³/mol. The van der Waals surface area contributed by atoms with Crippen molar-refractivity contribution in [3.63, 3.8) is 0 Å². The van der Waals surface area contributed by atoms with E-state index in [1.165, 1.54) is 3.97 Å². The standard InChI is InChI=1S/C23H21N3O4S2/c1-30-21-14-8-5-9-17(21)15-24-22(27)16-31-23-25-19-12-6-7-13-20(19)26(23)32(28,29)18-10-3-2-4-11-18/h2-14H,15-16H2,1H3,(H,24,27). The lowest BCUT2D eigenvalue weighted by Gasteiger charge is -2.11. The molecule has 32 heavy (non-hydrogen) atoms. The molecule has 1 heterocycles. The number of para-hydroxylation sites is 3. The quantitative estimate of drug-likeness (QED) is 0.398. The summed E-state index contributed by atoms with van der Waals surface area (Å²) in [5, 5.41) is 3.08. The largest absolute Gasteiger partial charge is 0.496 e. The van der Waals surface area contributed by atoms with Crippen LogP contribution in [0.2, 0.25) is 0 Å². The van der Waals surface area contributed by atoms with Gasteiger partial charge in [0.25, 0.3) is 10.0 Å². The number of amides is 1. The molecule has 0 saturated heterocycles. The first kappa shape index (κ1) is 21.9. The monoisotopic (exact) mass is 467 g/mol. The number of ether oxygens (including phenoxy) is 1. The van der Waals surface area contributed by atoms with Gasteiger partial charge in [-0.15, -0.1) is 0 Å². The summed E-state index contributed by atoms with van der Waals surface area (Å²) in [6.07, 6.45) is 0. The fourth-order valence-electron chi connectivity index (χ4n) is 3.23. The van der Waals surface area contributed by atoms with Crippen LogP contribution >= 0.6 is 11.8 Å². The molecule has 0 atom stereocenters. The van der Waals surface area contributed by atoms with E-state index in [9.17, 15) is 13.2 Å². The number of hydrogen-bond acceptors (Lipinski definition) is 6. The van der Waals surface area contributed by atoms with Gasteiger partial charge in [0.2, 0.25) is 5.91 Å². The van der Waals surface area contributed by atoms with E-state index in [2.05, 4.69) is 10.3 Å². The Morgan fingerprint density at radius 2 is 1.69 bits per heavy atom. The van der Waals surface area contributed by atoms with Gasteiger partial charge in [0, 0.05) is 12.1 Å². The smallest absolute Gasteiger partial charge is 0.270 e. The van der Waals surface area contributed by atoms with Crippen molar-refractivity contribution in [3.8, 4) is 5.75 Å². The molecule has 0 radical (unpaired) electrons. The van der Waals surface area contributed by atoms with Crippen molar-refractivity contribution in [1.29, 1.82) is 0 Å². The van der Waals surface area contributed by atoms with E-state index in [0.717, 1.165) is 17.3 Å². The Bertz CT molecular complexity index is 1350. The number of fused-ring (bicyclic) bond motifs is 1. The topological polar surface area (TPSA) is 90.3 Å². The average Bonchev–Trinajstić information content (AvgIpc) is 3.21. The minimum Gasteiger partial charge on any atom is -0.496 e. The molecule has 0 bridgehead atoms. The maximum Gasteiger partial charge on any atom is 0.270 e. The molecule has 4 rings (SSSR count). The minimum absolute atomic E-state index is 0.0166. The summed E-state index contributed by atoms with van der Waals surface area (Å²) in [5.74, 6) is 0.468. The number of hydrogen-bond donors (Lipinski definition) is 1. The SMILES string of the molecule is COc1ccccc1CNC(=O)CSc1nc2ccccc2n1S(=O)(=O)c1ccccc1. The molecule has 0 aliphatic carbocycles. The van der Waals surface area contributed by atoms with E-state index in [-0.39, 0.29) is 21.7 Å². The highest BCUT2D eigenvalue weighted by Crippen LogP contribution is 2.29. The van der Waals surface area contributed by atoms with E-state index < -0.39 is 10.0 Å². The molecule has 1 aromatic heterocycles. The third kappa shape index (κ3) is 4.49. The van der Waals surface area contributed by atoms with Gasteiger partial charge in [0.15, 0.2) is 5.16 Å². The number of carbonyl (C=O) groups excluding carboxylic acids is 1. The Labute approximate surface area is 190 Å². The van der Waals surface area contributed by atoms with Crippen LogP contribution in [0.15, 0.2) is 88.9 Å². The van der Waals surface area contributed by atoms with E-state index in [0.29, 0.717) is 23.3 Å². The second kappa shape index (κ2) is 9.46. The number of methoxy groups -OCH3 is 1. The van der Waals surface area contributed by atoms with Crippen LogP contribution in [0.3, 0.4) is 0 Å².